The van der Waals surface area contributed by atoms with Crippen LogP contribution < -0.4 is 15.6 Å². The van der Waals surface area contributed by atoms with E-state index in [2.05, 4.69) is 10.3 Å². The van der Waals surface area contributed by atoms with Gasteiger partial charge in [0.05, 0.1) is 32.3 Å². The van der Waals surface area contributed by atoms with Gasteiger partial charge in [0.25, 0.3) is 5.56 Å². The Labute approximate surface area is 213 Å². The molecular formula is C26H28ClFN4O4. The molecule has 1 amide bonds. The minimum Gasteiger partial charge on any atom is -0.488 e. The number of rotatable bonds is 8. The zero-order valence-corrected chi connectivity index (χ0v) is 20.9. The van der Waals surface area contributed by atoms with Crippen molar-refractivity contribution in [2.45, 2.75) is 32.9 Å². The van der Waals surface area contributed by atoms with Gasteiger partial charge in [0.1, 0.15) is 0 Å². The number of carbonyl (C=O) groups is 1. The third-order valence-corrected chi connectivity index (χ3v) is 5.88. The normalized spacial score (nSPS) is 13.6. The van der Waals surface area contributed by atoms with Gasteiger partial charge >= 0.3 is 0 Å². The van der Waals surface area contributed by atoms with Gasteiger partial charge in [0, 0.05) is 41.6 Å². The first-order valence-electron chi connectivity index (χ1n) is 11.7. The van der Waals surface area contributed by atoms with Gasteiger partial charge in [-0.3, -0.25) is 14.2 Å². The van der Waals surface area contributed by atoms with Crippen LogP contribution in [-0.4, -0.2) is 52.8 Å². The van der Waals surface area contributed by atoms with Crippen molar-refractivity contribution in [2.24, 2.45) is 0 Å². The Kier molecular flexibility index (Phi) is 8.22. The van der Waals surface area contributed by atoms with Crippen LogP contribution in [0.3, 0.4) is 0 Å². The van der Waals surface area contributed by atoms with Crippen LogP contribution in [0.25, 0.3) is 0 Å². The van der Waals surface area contributed by atoms with Gasteiger partial charge in [0.15, 0.2) is 11.6 Å². The summed E-state index contributed by atoms with van der Waals surface area (Å²) in [6.07, 6.45) is 1.16. The molecule has 1 aliphatic heterocycles. The number of anilines is 2. The van der Waals surface area contributed by atoms with Crippen molar-refractivity contribution in [1.82, 2.24) is 14.5 Å². The van der Waals surface area contributed by atoms with E-state index in [0.717, 1.165) is 5.56 Å². The maximum atomic E-state index is 14.5. The van der Waals surface area contributed by atoms with Gasteiger partial charge in [-0.1, -0.05) is 23.7 Å². The van der Waals surface area contributed by atoms with E-state index in [1.807, 2.05) is 26.0 Å². The summed E-state index contributed by atoms with van der Waals surface area (Å²) in [6, 6.07) is 11.5. The van der Waals surface area contributed by atoms with E-state index in [1.54, 1.807) is 23.1 Å². The third kappa shape index (κ3) is 6.41. The van der Waals surface area contributed by atoms with Crippen molar-refractivity contribution >= 4 is 29.1 Å². The van der Waals surface area contributed by atoms with Crippen molar-refractivity contribution < 1.29 is 18.7 Å². The molecule has 0 unspecified atom stereocenters. The van der Waals surface area contributed by atoms with E-state index in [0.29, 0.717) is 37.0 Å². The number of benzene rings is 2. The zero-order chi connectivity index (χ0) is 25.7. The van der Waals surface area contributed by atoms with Crippen molar-refractivity contribution in [2.75, 3.05) is 31.6 Å². The van der Waals surface area contributed by atoms with E-state index in [4.69, 9.17) is 21.1 Å². The molecule has 2 aromatic carbocycles. The molecule has 1 aromatic heterocycles. The lowest BCUT2D eigenvalue weighted by atomic mass is 10.2. The van der Waals surface area contributed by atoms with E-state index >= 15 is 0 Å². The first-order chi connectivity index (χ1) is 17.3. The Morgan fingerprint density at radius 2 is 1.92 bits per heavy atom. The van der Waals surface area contributed by atoms with Gasteiger partial charge in [-0.15, -0.1) is 0 Å². The second-order valence-corrected chi connectivity index (χ2v) is 9.17. The Bertz CT molecular complexity index is 1270. The van der Waals surface area contributed by atoms with Crippen molar-refractivity contribution in [3.63, 3.8) is 0 Å². The van der Waals surface area contributed by atoms with Gasteiger partial charge in [-0.25, -0.2) is 9.37 Å². The first-order valence-corrected chi connectivity index (χ1v) is 12.1. The molecule has 0 spiro atoms. The number of aromatic nitrogens is 2. The Hall–Kier alpha value is -3.43. The largest absolute Gasteiger partial charge is 0.488 e. The van der Waals surface area contributed by atoms with Gasteiger partial charge < -0.3 is 19.7 Å². The molecule has 0 saturated carbocycles. The second kappa shape index (κ2) is 11.5. The molecule has 190 valence electrons. The van der Waals surface area contributed by atoms with Gasteiger partial charge in [-0.05, 0) is 43.7 Å². The molecule has 1 saturated heterocycles. The Balaban J connectivity index is 1.64. The molecule has 0 bridgehead atoms. The lowest BCUT2D eigenvalue weighted by Gasteiger charge is -2.26. The number of morpholine rings is 1. The maximum absolute atomic E-state index is 14.5. The number of hydrogen-bond acceptors (Lipinski definition) is 6. The van der Waals surface area contributed by atoms with E-state index in [9.17, 15) is 14.0 Å². The van der Waals surface area contributed by atoms with Crippen molar-refractivity contribution in [3.8, 4) is 5.75 Å². The highest BCUT2D eigenvalue weighted by Gasteiger charge is 2.20. The quantitative estimate of drug-likeness (QED) is 0.489. The third-order valence-electron chi connectivity index (χ3n) is 5.63. The Morgan fingerprint density at radius 1 is 1.19 bits per heavy atom. The predicted molar refractivity (Wildman–Crippen MR) is 136 cm³/mol. The van der Waals surface area contributed by atoms with E-state index in [-0.39, 0.29) is 47.8 Å². The number of nitrogens with one attached hydrogen (secondary N) is 1. The molecule has 1 aliphatic rings. The number of ether oxygens (including phenoxy) is 2. The fourth-order valence-electron chi connectivity index (χ4n) is 3.82. The highest BCUT2D eigenvalue weighted by molar-refractivity contribution is 6.30. The van der Waals surface area contributed by atoms with Gasteiger partial charge in [-0.2, -0.15) is 0 Å². The molecule has 4 rings (SSSR count). The summed E-state index contributed by atoms with van der Waals surface area (Å²) in [5.41, 5.74) is 1.13. The van der Waals surface area contributed by atoms with Crippen LogP contribution in [0.15, 0.2) is 53.5 Å². The monoisotopic (exact) mass is 514 g/mol. The average Bonchev–Trinajstić information content (AvgIpc) is 2.86. The maximum Gasteiger partial charge on any atom is 0.258 e. The molecule has 3 aromatic rings. The summed E-state index contributed by atoms with van der Waals surface area (Å²) in [7, 11) is 0. The first kappa shape index (κ1) is 25.7. The van der Waals surface area contributed by atoms with Crippen LogP contribution in [0.2, 0.25) is 5.02 Å². The molecule has 1 fully saturated rings. The zero-order valence-electron chi connectivity index (χ0n) is 20.2. The molecule has 0 atom stereocenters. The minimum atomic E-state index is -0.534. The van der Waals surface area contributed by atoms with Crippen LogP contribution in [-0.2, 0) is 22.5 Å². The second-order valence-electron chi connectivity index (χ2n) is 8.73. The predicted octanol–water partition coefficient (Wildman–Crippen LogP) is 4.02. The van der Waals surface area contributed by atoms with Crippen LogP contribution in [0, 0.1) is 5.82 Å². The molecule has 0 aliphatic carbocycles. The molecule has 1 N–H and O–H groups in total. The van der Waals surface area contributed by atoms with E-state index < -0.39 is 5.82 Å². The average molecular weight is 515 g/mol. The fourth-order valence-corrected chi connectivity index (χ4v) is 3.94. The highest BCUT2D eigenvalue weighted by atomic mass is 35.5. The summed E-state index contributed by atoms with van der Waals surface area (Å²) in [5, 5.41) is 3.60. The Morgan fingerprint density at radius 3 is 2.58 bits per heavy atom. The number of halogens is 2. The minimum absolute atomic E-state index is 0.0669. The van der Waals surface area contributed by atoms with Crippen LogP contribution in [0.5, 0.6) is 5.75 Å². The molecule has 10 heteroatoms. The smallest absolute Gasteiger partial charge is 0.258 e. The SMILES string of the molecule is CC(C)Oc1ccc(Nc2ncc(CC(=O)N3CCOCC3)c(=O)n2Cc2ccc(Cl)cc2)cc1F. The molecule has 2 heterocycles. The number of nitrogens with zero attached hydrogens (tertiary/aromatic N) is 3. The topological polar surface area (TPSA) is 85.7 Å². The summed E-state index contributed by atoms with van der Waals surface area (Å²) in [4.78, 5) is 32.3. The molecule has 8 nitrogen and oxygen atoms in total. The lowest BCUT2D eigenvalue weighted by molar-refractivity contribution is -0.134. The lowest BCUT2D eigenvalue weighted by Crippen LogP contribution is -2.42. The van der Waals surface area contributed by atoms with Crippen molar-refractivity contribution in [1.29, 1.82) is 0 Å². The van der Waals surface area contributed by atoms with E-state index in [1.165, 1.54) is 22.9 Å². The summed E-state index contributed by atoms with van der Waals surface area (Å²) in [6.45, 7) is 5.75. The van der Waals surface area contributed by atoms with Crippen LogP contribution >= 0.6 is 11.6 Å². The van der Waals surface area contributed by atoms with Crippen molar-refractivity contribution in [3.05, 3.63) is 81.0 Å². The molecule has 36 heavy (non-hydrogen) atoms. The summed E-state index contributed by atoms with van der Waals surface area (Å²) >= 11 is 6.01. The summed E-state index contributed by atoms with van der Waals surface area (Å²) < 4.78 is 26.7. The van der Waals surface area contributed by atoms with Gasteiger partial charge in [0.2, 0.25) is 11.9 Å². The standard InChI is InChI=1S/C26H28ClFN4O4/c1-17(2)36-23-8-7-21(14-22(23)28)30-26-29-15-19(13-24(33)31-9-11-35-12-10-31)25(34)32(26)16-18-3-5-20(27)6-4-18/h3-8,14-15,17H,9-13,16H2,1-2H3,(H,29,30). The summed E-state index contributed by atoms with van der Waals surface area (Å²) in [5.74, 6) is -0.333. The van der Waals surface area contributed by atoms with Crippen LogP contribution in [0.1, 0.15) is 25.0 Å². The number of carbonyl (C=O) groups excluding carboxylic acids is 1. The highest BCUT2D eigenvalue weighted by Crippen LogP contribution is 2.24. The fraction of sp³-hybridized carbons (Fsp3) is 0.346. The number of amides is 1. The molecule has 0 radical (unpaired) electrons. The van der Waals surface area contributed by atoms with Crippen LogP contribution in [0.4, 0.5) is 16.0 Å². The molecular weight excluding hydrogens is 487 g/mol. The number of hydrogen-bond donors (Lipinski definition) is 1.